The van der Waals surface area contributed by atoms with Crippen molar-refractivity contribution in [3.8, 4) is 0 Å². The molecule has 0 aliphatic carbocycles. The van der Waals surface area contributed by atoms with Crippen LogP contribution in [0.25, 0.3) is 0 Å². The Labute approximate surface area is 131 Å². The number of hydrogen-bond acceptors (Lipinski definition) is 5. The number of anilines is 2. The summed E-state index contributed by atoms with van der Waals surface area (Å²) in [7, 11) is 1.91. The lowest BCUT2D eigenvalue weighted by Crippen LogP contribution is -2.13. The molecule has 0 aliphatic heterocycles. The highest BCUT2D eigenvalue weighted by molar-refractivity contribution is 7.10. The van der Waals surface area contributed by atoms with E-state index in [-0.39, 0.29) is 0 Å². The molecule has 1 unspecified atom stereocenters. The lowest BCUT2D eigenvalue weighted by atomic mass is 10.1. The maximum Gasteiger partial charge on any atom is 0.135 e. The normalized spacial score (nSPS) is 12.1. The van der Waals surface area contributed by atoms with Crippen molar-refractivity contribution in [3.05, 3.63) is 34.3 Å². The molecule has 0 saturated carbocycles. The van der Waals surface area contributed by atoms with Gasteiger partial charge in [0.2, 0.25) is 0 Å². The van der Waals surface area contributed by atoms with Crippen molar-refractivity contribution in [1.29, 1.82) is 0 Å². The van der Waals surface area contributed by atoms with Gasteiger partial charge in [0.05, 0.1) is 6.04 Å². The van der Waals surface area contributed by atoms with E-state index < -0.39 is 0 Å². The van der Waals surface area contributed by atoms with E-state index in [0.29, 0.717) is 6.04 Å². The van der Waals surface area contributed by atoms with Crippen molar-refractivity contribution in [2.75, 3.05) is 17.7 Å². The third kappa shape index (κ3) is 3.94. The third-order valence-corrected chi connectivity index (χ3v) is 4.44. The van der Waals surface area contributed by atoms with Gasteiger partial charge < -0.3 is 10.6 Å². The van der Waals surface area contributed by atoms with Crippen LogP contribution in [-0.2, 0) is 6.42 Å². The molecule has 21 heavy (non-hydrogen) atoms. The predicted octanol–water partition coefficient (Wildman–Crippen LogP) is 4.49. The maximum absolute atomic E-state index is 4.48. The van der Waals surface area contributed by atoms with Crippen molar-refractivity contribution in [2.24, 2.45) is 0 Å². The Bertz CT molecular complexity index is 539. The number of nitrogens with zero attached hydrogens (tertiary/aromatic N) is 2. The first-order valence-corrected chi connectivity index (χ1v) is 8.49. The minimum absolute atomic E-state index is 0.324. The lowest BCUT2D eigenvalue weighted by Gasteiger charge is -2.20. The summed E-state index contributed by atoms with van der Waals surface area (Å²) in [6.45, 7) is 4.40. The lowest BCUT2D eigenvalue weighted by molar-refractivity contribution is 0.682. The van der Waals surface area contributed by atoms with E-state index in [1.165, 1.54) is 10.4 Å². The minimum Gasteiger partial charge on any atom is -0.373 e. The van der Waals surface area contributed by atoms with Crippen molar-refractivity contribution in [2.45, 2.75) is 45.6 Å². The van der Waals surface area contributed by atoms with Crippen LogP contribution in [0.2, 0.25) is 0 Å². The first-order valence-electron chi connectivity index (χ1n) is 7.61. The molecule has 2 aromatic rings. The average Bonchev–Trinajstić information content (AvgIpc) is 3.02. The van der Waals surface area contributed by atoms with E-state index >= 15 is 0 Å². The SMILES string of the molecule is CCCc1c(NC)ncnc1NC(CCC)c1cccs1. The minimum atomic E-state index is 0.324. The molecule has 0 saturated heterocycles. The van der Waals surface area contributed by atoms with Crippen molar-refractivity contribution in [3.63, 3.8) is 0 Å². The van der Waals surface area contributed by atoms with Crippen LogP contribution in [0.4, 0.5) is 11.6 Å². The van der Waals surface area contributed by atoms with Gasteiger partial charge in [0.25, 0.3) is 0 Å². The molecule has 0 fully saturated rings. The summed E-state index contributed by atoms with van der Waals surface area (Å²) < 4.78 is 0. The van der Waals surface area contributed by atoms with Gasteiger partial charge >= 0.3 is 0 Å². The molecule has 2 N–H and O–H groups in total. The Morgan fingerprint density at radius 3 is 2.62 bits per heavy atom. The third-order valence-electron chi connectivity index (χ3n) is 3.46. The monoisotopic (exact) mass is 304 g/mol. The summed E-state index contributed by atoms with van der Waals surface area (Å²) in [6.07, 6.45) is 5.93. The average molecular weight is 304 g/mol. The van der Waals surface area contributed by atoms with E-state index in [1.807, 2.05) is 7.05 Å². The Kier molecular flexibility index (Phi) is 5.99. The van der Waals surface area contributed by atoms with Crippen LogP contribution in [0.15, 0.2) is 23.8 Å². The summed E-state index contributed by atoms with van der Waals surface area (Å²) in [6, 6.07) is 4.62. The van der Waals surface area contributed by atoms with E-state index in [2.05, 4.69) is 52.0 Å². The topological polar surface area (TPSA) is 49.8 Å². The summed E-state index contributed by atoms with van der Waals surface area (Å²) in [5.41, 5.74) is 1.18. The quantitative estimate of drug-likeness (QED) is 0.754. The first kappa shape index (κ1) is 15.8. The van der Waals surface area contributed by atoms with Crippen LogP contribution >= 0.6 is 11.3 Å². The van der Waals surface area contributed by atoms with Gasteiger partial charge in [0, 0.05) is 17.5 Å². The van der Waals surface area contributed by atoms with Gasteiger partial charge in [0.1, 0.15) is 18.0 Å². The summed E-state index contributed by atoms with van der Waals surface area (Å²) >= 11 is 1.80. The Morgan fingerprint density at radius 2 is 2.00 bits per heavy atom. The second-order valence-electron chi connectivity index (χ2n) is 5.05. The van der Waals surface area contributed by atoms with Gasteiger partial charge in [-0.05, 0) is 24.3 Å². The highest BCUT2D eigenvalue weighted by Crippen LogP contribution is 2.30. The fourth-order valence-electron chi connectivity index (χ4n) is 2.47. The molecule has 2 rings (SSSR count). The molecule has 2 aromatic heterocycles. The van der Waals surface area contributed by atoms with Crippen LogP contribution in [0, 0.1) is 0 Å². The molecule has 1 atom stereocenters. The first-order chi connectivity index (χ1) is 10.3. The summed E-state index contributed by atoms with van der Waals surface area (Å²) in [4.78, 5) is 10.2. The molecule has 0 amide bonds. The predicted molar refractivity (Wildman–Crippen MR) is 91.2 cm³/mol. The molecular weight excluding hydrogens is 280 g/mol. The van der Waals surface area contributed by atoms with Gasteiger partial charge in [-0.15, -0.1) is 11.3 Å². The van der Waals surface area contributed by atoms with Crippen LogP contribution in [0.3, 0.4) is 0 Å². The molecule has 2 heterocycles. The standard InChI is InChI=1S/C16H24N4S/c1-4-7-12-15(17-3)18-11-19-16(12)20-13(8-5-2)14-9-6-10-21-14/h6,9-11,13H,4-5,7-8H2,1-3H3,(H2,17,18,19,20). The molecule has 0 aliphatic rings. The van der Waals surface area contributed by atoms with Crippen molar-refractivity contribution >= 4 is 23.0 Å². The molecule has 0 aromatic carbocycles. The number of rotatable bonds is 8. The Morgan fingerprint density at radius 1 is 1.19 bits per heavy atom. The molecule has 4 nitrogen and oxygen atoms in total. The Hall–Kier alpha value is -1.62. The summed E-state index contributed by atoms with van der Waals surface area (Å²) in [5.74, 6) is 1.89. The van der Waals surface area contributed by atoms with E-state index in [1.54, 1.807) is 17.7 Å². The van der Waals surface area contributed by atoms with Gasteiger partial charge in [0.15, 0.2) is 0 Å². The van der Waals surface area contributed by atoms with Crippen LogP contribution in [-0.4, -0.2) is 17.0 Å². The maximum atomic E-state index is 4.48. The fraction of sp³-hybridized carbons (Fsp3) is 0.500. The van der Waals surface area contributed by atoms with Gasteiger partial charge in [-0.25, -0.2) is 9.97 Å². The number of nitrogens with one attached hydrogen (secondary N) is 2. The number of aromatic nitrogens is 2. The highest BCUT2D eigenvalue weighted by atomic mass is 32.1. The molecule has 0 bridgehead atoms. The van der Waals surface area contributed by atoms with Crippen LogP contribution < -0.4 is 10.6 Å². The second kappa shape index (κ2) is 7.98. The smallest absolute Gasteiger partial charge is 0.135 e. The number of hydrogen-bond donors (Lipinski definition) is 2. The van der Waals surface area contributed by atoms with E-state index in [9.17, 15) is 0 Å². The fourth-order valence-corrected chi connectivity index (χ4v) is 3.28. The molecule has 114 valence electrons. The molecule has 0 radical (unpaired) electrons. The molecular formula is C16H24N4S. The number of thiophene rings is 1. The zero-order valence-corrected chi connectivity index (χ0v) is 13.8. The van der Waals surface area contributed by atoms with Gasteiger partial charge in [-0.2, -0.15) is 0 Å². The Balaban J connectivity index is 2.27. The van der Waals surface area contributed by atoms with Crippen molar-refractivity contribution in [1.82, 2.24) is 9.97 Å². The van der Waals surface area contributed by atoms with Crippen LogP contribution in [0.1, 0.15) is 49.6 Å². The zero-order valence-electron chi connectivity index (χ0n) is 13.0. The van der Waals surface area contributed by atoms with Gasteiger partial charge in [-0.3, -0.25) is 0 Å². The summed E-state index contributed by atoms with van der Waals surface area (Å²) in [5, 5.41) is 8.93. The zero-order chi connectivity index (χ0) is 15.1. The van der Waals surface area contributed by atoms with E-state index in [4.69, 9.17) is 0 Å². The van der Waals surface area contributed by atoms with Gasteiger partial charge in [-0.1, -0.05) is 32.8 Å². The largest absolute Gasteiger partial charge is 0.373 e. The van der Waals surface area contributed by atoms with Crippen molar-refractivity contribution < 1.29 is 0 Å². The van der Waals surface area contributed by atoms with E-state index in [0.717, 1.165) is 37.3 Å². The second-order valence-corrected chi connectivity index (χ2v) is 6.03. The molecule has 0 spiro atoms. The molecule has 5 heteroatoms. The highest BCUT2D eigenvalue weighted by Gasteiger charge is 2.16. The van der Waals surface area contributed by atoms with Crippen LogP contribution in [0.5, 0.6) is 0 Å².